The number of alkyl halides is 1. The van der Waals surface area contributed by atoms with Crippen molar-refractivity contribution >= 4 is 56.1 Å². The molecule has 0 amide bonds. The first-order chi connectivity index (χ1) is 7.04. The zero-order chi connectivity index (χ0) is 11.4. The Morgan fingerprint density at radius 1 is 1.67 bits per heavy atom. The number of carbonyl (C=O) groups is 1. The highest BCUT2D eigenvalue weighted by atomic mass is 127. The molecular weight excluding hydrogens is 394 g/mol. The number of esters is 1. The fraction of sp³-hybridized carbons (Fsp3) is 0.300. The molecule has 0 aliphatic heterocycles. The summed E-state index contributed by atoms with van der Waals surface area (Å²) in [7, 11) is 1.37. The van der Waals surface area contributed by atoms with E-state index in [2.05, 4.69) is 43.3 Å². The summed E-state index contributed by atoms with van der Waals surface area (Å²) in [4.78, 5) is 10.8. The zero-order valence-corrected chi connectivity index (χ0v) is 12.5. The number of methoxy groups -OCH3 is 1. The topological polar surface area (TPSA) is 26.3 Å². The summed E-state index contributed by atoms with van der Waals surface area (Å²) in [5, 5.41) is 0.676. The van der Waals surface area contributed by atoms with E-state index in [4.69, 9.17) is 11.6 Å². The van der Waals surface area contributed by atoms with Crippen LogP contribution in [0, 0.1) is 3.57 Å². The van der Waals surface area contributed by atoms with Crippen molar-refractivity contribution in [1.29, 1.82) is 0 Å². The van der Waals surface area contributed by atoms with Crippen molar-refractivity contribution < 1.29 is 9.53 Å². The van der Waals surface area contributed by atoms with Crippen LogP contribution in [0.1, 0.15) is 5.56 Å². The van der Waals surface area contributed by atoms with Gasteiger partial charge < -0.3 is 4.74 Å². The molecule has 2 nitrogen and oxygen atoms in total. The van der Waals surface area contributed by atoms with Gasteiger partial charge in [0, 0.05) is 8.59 Å². The lowest BCUT2D eigenvalue weighted by Crippen LogP contribution is -2.18. The van der Waals surface area contributed by atoms with Crippen LogP contribution in [0.3, 0.4) is 0 Å². The molecule has 0 heterocycles. The predicted octanol–water partition coefficient (Wildman–Crippen LogP) is 3.42. The summed E-state index contributed by atoms with van der Waals surface area (Å²) in [6.45, 7) is 0. The number of ether oxygens (including phenoxy) is 1. The first-order valence-electron chi connectivity index (χ1n) is 4.20. The molecule has 0 fully saturated rings. The monoisotopic (exact) mass is 402 g/mol. The third-order valence-electron chi connectivity index (χ3n) is 1.87. The highest BCUT2D eigenvalue weighted by Gasteiger charge is 2.17. The predicted molar refractivity (Wildman–Crippen MR) is 72.6 cm³/mol. The molecule has 1 aromatic carbocycles. The van der Waals surface area contributed by atoms with E-state index in [9.17, 15) is 4.79 Å². The molecule has 1 aromatic rings. The van der Waals surface area contributed by atoms with E-state index in [1.165, 1.54) is 7.11 Å². The molecule has 5 heteroatoms. The van der Waals surface area contributed by atoms with Crippen molar-refractivity contribution in [1.82, 2.24) is 0 Å². The molecule has 1 atom stereocenters. The van der Waals surface area contributed by atoms with Gasteiger partial charge in [-0.1, -0.05) is 33.6 Å². The summed E-state index contributed by atoms with van der Waals surface area (Å²) >= 11 is 11.5. The van der Waals surface area contributed by atoms with Crippen molar-refractivity contribution in [3.8, 4) is 0 Å². The molecule has 1 rings (SSSR count). The Morgan fingerprint density at radius 2 is 2.33 bits per heavy atom. The highest BCUT2D eigenvalue weighted by molar-refractivity contribution is 14.1. The minimum absolute atomic E-state index is 0.287. The smallest absolute Gasteiger partial charge is 0.319 e. The second-order valence-corrected chi connectivity index (χ2v) is 5.69. The number of benzene rings is 1. The summed E-state index contributed by atoms with van der Waals surface area (Å²) in [5.74, 6) is -0.287. The Hall–Kier alpha value is 0.190. The summed E-state index contributed by atoms with van der Waals surface area (Å²) in [6, 6.07) is 5.74. The lowest BCUT2D eigenvalue weighted by molar-refractivity contribution is -0.139. The maximum atomic E-state index is 11.2. The van der Waals surface area contributed by atoms with E-state index in [-0.39, 0.29) is 10.8 Å². The van der Waals surface area contributed by atoms with Crippen LogP contribution < -0.4 is 0 Å². The van der Waals surface area contributed by atoms with Crippen molar-refractivity contribution in [2.75, 3.05) is 7.11 Å². The third-order valence-corrected chi connectivity index (χ3v) is 3.59. The Kier molecular flexibility index (Phi) is 5.35. The van der Waals surface area contributed by atoms with E-state index in [0.29, 0.717) is 11.4 Å². The Morgan fingerprint density at radius 3 is 2.87 bits per heavy atom. The zero-order valence-electron chi connectivity index (χ0n) is 7.97. The molecular formula is C10H9BrClIO2. The SMILES string of the molecule is COC(=O)C(Br)Cc1ccc(I)cc1Cl. The van der Waals surface area contributed by atoms with Crippen LogP contribution in [0.15, 0.2) is 18.2 Å². The molecule has 1 unspecified atom stereocenters. The Bertz CT molecular complexity index is 370. The number of hydrogen-bond acceptors (Lipinski definition) is 2. The average molecular weight is 403 g/mol. The fourth-order valence-electron chi connectivity index (χ4n) is 1.09. The molecule has 0 saturated carbocycles. The summed E-state index contributed by atoms with van der Waals surface area (Å²) in [5.41, 5.74) is 0.935. The minimum atomic E-state index is -0.347. The molecule has 0 aromatic heterocycles. The van der Waals surface area contributed by atoms with Crippen LogP contribution in [0.25, 0.3) is 0 Å². The minimum Gasteiger partial charge on any atom is -0.468 e. The lowest BCUT2D eigenvalue weighted by atomic mass is 10.1. The second-order valence-electron chi connectivity index (χ2n) is 2.93. The molecule has 0 radical (unpaired) electrons. The van der Waals surface area contributed by atoms with Gasteiger partial charge >= 0.3 is 5.97 Å². The van der Waals surface area contributed by atoms with Crippen LogP contribution in [0.5, 0.6) is 0 Å². The van der Waals surface area contributed by atoms with E-state index >= 15 is 0 Å². The molecule has 0 bridgehead atoms. The van der Waals surface area contributed by atoms with E-state index in [1.807, 2.05) is 18.2 Å². The largest absolute Gasteiger partial charge is 0.468 e. The Labute approximate surface area is 116 Å². The number of carbonyl (C=O) groups excluding carboxylic acids is 1. The van der Waals surface area contributed by atoms with Crippen LogP contribution in [-0.2, 0) is 16.0 Å². The van der Waals surface area contributed by atoms with Gasteiger partial charge in [-0.3, -0.25) is 4.79 Å². The van der Waals surface area contributed by atoms with Gasteiger partial charge in [-0.25, -0.2) is 0 Å². The van der Waals surface area contributed by atoms with Gasteiger partial charge in [0.2, 0.25) is 0 Å². The Balaban J connectivity index is 2.76. The average Bonchev–Trinajstić information content (AvgIpc) is 2.20. The van der Waals surface area contributed by atoms with Gasteiger partial charge in [0.15, 0.2) is 0 Å². The van der Waals surface area contributed by atoms with E-state index < -0.39 is 0 Å². The van der Waals surface area contributed by atoms with Crippen LogP contribution in [-0.4, -0.2) is 17.9 Å². The molecule has 0 aliphatic carbocycles. The van der Waals surface area contributed by atoms with Crippen LogP contribution in [0.4, 0.5) is 0 Å². The maximum Gasteiger partial charge on any atom is 0.319 e. The highest BCUT2D eigenvalue weighted by Crippen LogP contribution is 2.22. The summed E-state index contributed by atoms with van der Waals surface area (Å²) in [6.07, 6.45) is 0.530. The normalized spacial score (nSPS) is 12.3. The first kappa shape index (κ1) is 13.3. The molecule has 0 spiro atoms. The van der Waals surface area contributed by atoms with E-state index in [1.54, 1.807) is 0 Å². The van der Waals surface area contributed by atoms with Crippen LogP contribution >= 0.6 is 50.1 Å². The molecule has 0 aliphatic rings. The van der Waals surface area contributed by atoms with Gasteiger partial charge in [0.1, 0.15) is 4.83 Å². The van der Waals surface area contributed by atoms with Gasteiger partial charge in [0.05, 0.1) is 7.11 Å². The number of halogens is 3. The number of rotatable bonds is 3. The first-order valence-corrected chi connectivity index (χ1v) is 6.57. The third kappa shape index (κ3) is 3.92. The van der Waals surface area contributed by atoms with Crippen molar-refractivity contribution in [2.45, 2.75) is 11.2 Å². The van der Waals surface area contributed by atoms with Gasteiger partial charge in [0.25, 0.3) is 0 Å². The molecule has 15 heavy (non-hydrogen) atoms. The molecule has 0 saturated heterocycles. The van der Waals surface area contributed by atoms with Crippen molar-refractivity contribution in [3.05, 3.63) is 32.4 Å². The second kappa shape index (κ2) is 6.06. The van der Waals surface area contributed by atoms with E-state index in [0.717, 1.165) is 9.13 Å². The van der Waals surface area contributed by atoms with Gasteiger partial charge in [-0.05, 0) is 46.7 Å². The van der Waals surface area contributed by atoms with Crippen LogP contribution in [0.2, 0.25) is 5.02 Å². The maximum absolute atomic E-state index is 11.2. The summed E-state index contributed by atoms with van der Waals surface area (Å²) < 4.78 is 5.69. The van der Waals surface area contributed by atoms with Gasteiger partial charge in [-0.2, -0.15) is 0 Å². The molecule has 0 N–H and O–H groups in total. The molecule has 82 valence electrons. The van der Waals surface area contributed by atoms with Crippen molar-refractivity contribution in [3.63, 3.8) is 0 Å². The standard InChI is InChI=1S/C10H9BrClIO2/c1-15-10(14)8(11)4-6-2-3-7(13)5-9(6)12/h2-3,5,8H,4H2,1H3. The fourth-order valence-corrected chi connectivity index (χ4v) is 2.56. The van der Waals surface area contributed by atoms with Crippen molar-refractivity contribution in [2.24, 2.45) is 0 Å². The van der Waals surface area contributed by atoms with Gasteiger partial charge in [-0.15, -0.1) is 0 Å². The number of hydrogen-bond donors (Lipinski definition) is 0. The lowest BCUT2D eigenvalue weighted by Gasteiger charge is -2.09. The quantitative estimate of drug-likeness (QED) is 0.439.